The highest BCUT2D eigenvalue weighted by molar-refractivity contribution is 14.1. The second-order valence-corrected chi connectivity index (χ2v) is 7.55. The molecule has 0 saturated heterocycles. The SMILES string of the molecule is O=S(=O)(c1ccc(I)cc1)c1cn(Cc2ccncn2)nn1. The lowest BCUT2D eigenvalue weighted by Gasteiger charge is -2.00. The third-order valence-electron chi connectivity index (χ3n) is 2.88. The number of rotatable bonds is 4. The lowest BCUT2D eigenvalue weighted by molar-refractivity contribution is 0.591. The summed E-state index contributed by atoms with van der Waals surface area (Å²) < 4.78 is 27.3. The number of hydrogen-bond acceptors (Lipinski definition) is 6. The Morgan fingerprint density at radius 1 is 1.14 bits per heavy atom. The van der Waals surface area contributed by atoms with Gasteiger partial charge in [-0.3, -0.25) is 0 Å². The van der Waals surface area contributed by atoms with E-state index in [9.17, 15) is 8.42 Å². The van der Waals surface area contributed by atoms with E-state index in [0.29, 0.717) is 6.54 Å². The Hall–Kier alpha value is -1.88. The summed E-state index contributed by atoms with van der Waals surface area (Å²) in [5.74, 6) is 0. The molecule has 0 atom stereocenters. The lowest BCUT2D eigenvalue weighted by atomic mass is 10.4. The minimum absolute atomic E-state index is 0.0808. The fourth-order valence-corrected chi connectivity index (χ4v) is 3.29. The molecule has 0 aliphatic rings. The molecule has 112 valence electrons. The summed E-state index contributed by atoms with van der Waals surface area (Å²) in [6, 6.07) is 8.31. The molecule has 2 heterocycles. The van der Waals surface area contributed by atoms with Gasteiger partial charge in [0.1, 0.15) is 6.33 Å². The van der Waals surface area contributed by atoms with Gasteiger partial charge >= 0.3 is 0 Å². The number of benzene rings is 1. The number of hydrogen-bond donors (Lipinski definition) is 0. The van der Waals surface area contributed by atoms with E-state index in [2.05, 4.69) is 42.9 Å². The molecule has 0 unspecified atom stereocenters. The van der Waals surface area contributed by atoms with Crippen molar-refractivity contribution >= 4 is 32.4 Å². The second kappa shape index (κ2) is 6.08. The Labute approximate surface area is 140 Å². The maximum Gasteiger partial charge on any atom is 0.227 e. The predicted octanol–water partition coefficient (Wildman–Crippen LogP) is 1.55. The van der Waals surface area contributed by atoms with E-state index in [0.717, 1.165) is 9.26 Å². The Kier molecular flexibility index (Phi) is 4.16. The number of sulfone groups is 1. The van der Waals surface area contributed by atoms with Crippen LogP contribution in [-0.2, 0) is 16.4 Å². The number of aromatic nitrogens is 5. The van der Waals surface area contributed by atoms with Crippen LogP contribution < -0.4 is 0 Å². The lowest BCUT2D eigenvalue weighted by Crippen LogP contribution is -2.03. The van der Waals surface area contributed by atoms with Crippen LogP contribution in [0.4, 0.5) is 0 Å². The van der Waals surface area contributed by atoms with E-state index in [1.807, 2.05) is 0 Å². The van der Waals surface area contributed by atoms with Crippen LogP contribution in [0, 0.1) is 3.57 Å². The molecule has 0 N–H and O–H groups in total. The van der Waals surface area contributed by atoms with Crippen LogP contribution in [0.3, 0.4) is 0 Å². The highest BCUT2D eigenvalue weighted by Gasteiger charge is 2.21. The fourth-order valence-electron chi connectivity index (χ4n) is 1.79. The van der Waals surface area contributed by atoms with E-state index in [1.165, 1.54) is 17.2 Å². The molecule has 0 radical (unpaired) electrons. The van der Waals surface area contributed by atoms with Gasteiger partial charge in [-0.1, -0.05) is 5.21 Å². The summed E-state index contributed by atoms with van der Waals surface area (Å²) in [6.45, 7) is 0.331. The highest BCUT2D eigenvalue weighted by atomic mass is 127. The fraction of sp³-hybridized carbons (Fsp3) is 0.0769. The van der Waals surface area contributed by atoms with Gasteiger partial charge in [0.2, 0.25) is 14.9 Å². The van der Waals surface area contributed by atoms with Crippen molar-refractivity contribution in [1.82, 2.24) is 25.0 Å². The topological polar surface area (TPSA) is 90.6 Å². The zero-order chi connectivity index (χ0) is 15.6. The molecule has 22 heavy (non-hydrogen) atoms. The molecule has 0 aliphatic carbocycles. The van der Waals surface area contributed by atoms with Crippen LogP contribution >= 0.6 is 22.6 Å². The molecule has 0 amide bonds. The quantitative estimate of drug-likeness (QED) is 0.587. The Morgan fingerprint density at radius 3 is 2.59 bits per heavy atom. The monoisotopic (exact) mass is 427 g/mol. The molecule has 0 aliphatic heterocycles. The van der Waals surface area contributed by atoms with Crippen molar-refractivity contribution in [2.45, 2.75) is 16.5 Å². The van der Waals surface area contributed by atoms with Gasteiger partial charge in [-0.2, -0.15) is 0 Å². The Bertz CT molecular complexity index is 878. The van der Waals surface area contributed by atoms with Crippen molar-refractivity contribution in [2.75, 3.05) is 0 Å². The van der Waals surface area contributed by atoms with Gasteiger partial charge < -0.3 is 0 Å². The average molecular weight is 427 g/mol. The molecule has 9 heteroatoms. The van der Waals surface area contributed by atoms with E-state index in [1.54, 1.807) is 36.5 Å². The molecular formula is C13H10IN5O2S. The van der Waals surface area contributed by atoms with E-state index < -0.39 is 9.84 Å². The van der Waals surface area contributed by atoms with Crippen molar-refractivity contribution in [3.05, 3.63) is 58.3 Å². The third-order valence-corrected chi connectivity index (χ3v) is 5.23. The average Bonchev–Trinajstić information content (AvgIpc) is 2.98. The highest BCUT2D eigenvalue weighted by Crippen LogP contribution is 2.19. The molecule has 1 aromatic carbocycles. The van der Waals surface area contributed by atoms with Crippen molar-refractivity contribution in [1.29, 1.82) is 0 Å². The van der Waals surface area contributed by atoms with E-state index in [4.69, 9.17) is 0 Å². The summed E-state index contributed by atoms with van der Waals surface area (Å²) in [5, 5.41) is 7.53. The van der Waals surface area contributed by atoms with Gasteiger partial charge in [-0.15, -0.1) is 5.10 Å². The van der Waals surface area contributed by atoms with E-state index >= 15 is 0 Å². The zero-order valence-corrected chi connectivity index (χ0v) is 14.1. The first-order valence-electron chi connectivity index (χ1n) is 6.21. The van der Waals surface area contributed by atoms with Crippen molar-refractivity contribution < 1.29 is 8.42 Å². The molecule has 0 fully saturated rings. The summed E-state index contributed by atoms with van der Waals surface area (Å²) in [6.07, 6.45) is 4.44. The normalized spacial score (nSPS) is 11.5. The van der Waals surface area contributed by atoms with Gasteiger partial charge in [0.25, 0.3) is 0 Å². The van der Waals surface area contributed by atoms with Crippen molar-refractivity contribution in [3.63, 3.8) is 0 Å². The van der Waals surface area contributed by atoms with Gasteiger partial charge in [0, 0.05) is 9.77 Å². The second-order valence-electron chi connectivity index (χ2n) is 4.41. The minimum Gasteiger partial charge on any atom is -0.245 e. The molecule has 7 nitrogen and oxygen atoms in total. The molecule has 0 saturated carbocycles. The maximum absolute atomic E-state index is 12.5. The minimum atomic E-state index is -3.66. The zero-order valence-electron chi connectivity index (χ0n) is 11.2. The van der Waals surface area contributed by atoms with Crippen LogP contribution in [0.25, 0.3) is 0 Å². The Balaban J connectivity index is 1.88. The van der Waals surface area contributed by atoms with Crippen LogP contribution in [0.15, 0.2) is 59.0 Å². The van der Waals surface area contributed by atoms with Crippen LogP contribution in [-0.4, -0.2) is 33.4 Å². The van der Waals surface area contributed by atoms with Gasteiger partial charge in [0.15, 0.2) is 0 Å². The maximum atomic E-state index is 12.5. The van der Waals surface area contributed by atoms with Crippen LogP contribution in [0.1, 0.15) is 5.69 Å². The van der Waals surface area contributed by atoms with Crippen LogP contribution in [0.5, 0.6) is 0 Å². The van der Waals surface area contributed by atoms with Crippen molar-refractivity contribution in [2.24, 2.45) is 0 Å². The third kappa shape index (κ3) is 3.14. The molecule has 3 rings (SSSR count). The molecule has 2 aromatic heterocycles. The first-order chi connectivity index (χ1) is 10.6. The van der Waals surface area contributed by atoms with Crippen LogP contribution in [0.2, 0.25) is 0 Å². The summed E-state index contributed by atoms with van der Waals surface area (Å²) >= 11 is 2.12. The number of halogens is 1. The molecular weight excluding hydrogens is 417 g/mol. The Morgan fingerprint density at radius 2 is 1.91 bits per heavy atom. The molecule has 0 bridgehead atoms. The largest absolute Gasteiger partial charge is 0.245 e. The predicted molar refractivity (Wildman–Crippen MR) is 85.8 cm³/mol. The summed E-state index contributed by atoms with van der Waals surface area (Å²) in [4.78, 5) is 8.08. The smallest absolute Gasteiger partial charge is 0.227 e. The van der Waals surface area contributed by atoms with Gasteiger partial charge in [-0.25, -0.2) is 23.1 Å². The summed E-state index contributed by atoms with van der Waals surface area (Å²) in [7, 11) is -3.66. The first-order valence-corrected chi connectivity index (χ1v) is 8.77. The molecule has 0 spiro atoms. The van der Waals surface area contributed by atoms with Gasteiger partial charge in [0.05, 0.1) is 23.3 Å². The van der Waals surface area contributed by atoms with Crippen molar-refractivity contribution in [3.8, 4) is 0 Å². The standard InChI is InChI=1S/C13H10IN5O2S/c14-10-1-3-12(4-2-10)22(20,21)13-8-19(18-17-13)7-11-5-6-15-9-16-11/h1-6,8-9H,7H2. The molecule has 3 aromatic rings. The number of nitrogens with zero attached hydrogens (tertiary/aromatic N) is 5. The van der Waals surface area contributed by atoms with Gasteiger partial charge in [-0.05, 0) is 52.9 Å². The van der Waals surface area contributed by atoms with E-state index in [-0.39, 0.29) is 9.92 Å². The summed E-state index contributed by atoms with van der Waals surface area (Å²) in [5.41, 5.74) is 0.720. The first kappa shape index (κ1) is 15.0.